The van der Waals surface area contributed by atoms with Crippen molar-refractivity contribution in [1.82, 2.24) is 5.01 Å². The number of halogens is 1. The highest BCUT2D eigenvalue weighted by atomic mass is 19.1. The zero-order valence-electron chi connectivity index (χ0n) is 14.1. The third-order valence-corrected chi connectivity index (χ3v) is 4.05. The smallest absolute Gasteiger partial charge is 0.283 e. The first-order chi connectivity index (χ1) is 11.9. The lowest BCUT2D eigenvalue weighted by molar-refractivity contribution is -0.159. The number of nitrogens with zero attached hydrogens (tertiary/aromatic N) is 2. The molecule has 0 aliphatic carbocycles. The Labute approximate surface area is 145 Å². The van der Waals surface area contributed by atoms with E-state index in [1.807, 2.05) is 19.1 Å². The number of hydrogen-bond donors (Lipinski definition) is 1. The van der Waals surface area contributed by atoms with Gasteiger partial charge in [-0.25, -0.2) is 4.39 Å². The molecule has 1 aliphatic heterocycles. The van der Waals surface area contributed by atoms with E-state index in [1.54, 1.807) is 19.1 Å². The third kappa shape index (κ3) is 3.53. The molecule has 1 N–H and O–H groups in total. The van der Waals surface area contributed by atoms with Crippen LogP contribution in [0.15, 0.2) is 53.6 Å². The van der Waals surface area contributed by atoms with Crippen molar-refractivity contribution in [2.24, 2.45) is 5.10 Å². The molecule has 0 radical (unpaired) electrons. The van der Waals surface area contributed by atoms with Gasteiger partial charge in [0.05, 0.1) is 0 Å². The van der Waals surface area contributed by atoms with Gasteiger partial charge in [-0.1, -0.05) is 29.8 Å². The van der Waals surface area contributed by atoms with Crippen LogP contribution in [0.4, 0.5) is 4.39 Å². The minimum atomic E-state index is -1.53. The number of hydrazone groups is 1. The van der Waals surface area contributed by atoms with E-state index in [0.29, 0.717) is 17.0 Å². The van der Waals surface area contributed by atoms with E-state index in [9.17, 15) is 14.3 Å². The van der Waals surface area contributed by atoms with Gasteiger partial charge in [0.25, 0.3) is 5.91 Å². The van der Waals surface area contributed by atoms with Gasteiger partial charge in [-0.3, -0.25) is 4.79 Å². The number of amides is 1. The van der Waals surface area contributed by atoms with Crippen LogP contribution in [-0.4, -0.2) is 28.3 Å². The number of carbonyl (C=O) groups is 1. The summed E-state index contributed by atoms with van der Waals surface area (Å²) in [6, 6.07) is 12.7. The Bertz CT molecular complexity index is 802. The molecule has 1 atom stereocenters. The molecule has 130 valence electrons. The van der Waals surface area contributed by atoms with Crippen molar-refractivity contribution >= 4 is 11.6 Å². The van der Waals surface area contributed by atoms with E-state index in [1.165, 1.54) is 24.3 Å². The third-order valence-electron chi connectivity index (χ3n) is 4.05. The molecular formula is C19H19FN2O3. The fraction of sp³-hybridized carbons (Fsp3) is 0.263. The van der Waals surface area contributed by atoms with E-state index in [-0.39, 0.29) is 18.8 Å². The first-order valence-corrected chi connectivity index (χ1v) is 7.93. The maximum atomic E-state index is 12.9. The normalized spacial score (nSPS) is 19.7. The van der Waals surface area contributed by atoms with Crippen LogP contribution in [-0.2, 0) is 10.5 Å². The predicted octanol–water partition coefficient (Wildman–Crippen LogP) is 2.97. The Morgan fingerprint density at radius 1 is 1.20 bits per heavy atom. The summed E-state index contributed by atoms with van der Waals surface area (Å²) in [6.07, 6.45) is 0.234. The summed E-state index contributed by atoms with van der Waals surface area (Å²) in [4.78, 5) is 12.5. The molecule has 1 heterocycles. The van der Waals surface area contributed by atoms with Gasteiger partial charge in [0.1, 0.15) is 11.6 Å². The number of aryl methyl sites for hydroxylation is 1. The molecule has 2 aromatic carbocycles. The zero-order chi connectivity index (χ0) is 18.0. The molecule has 0 fully saturated rings. The average Bonchev–Trinajstić information content (AvgIpc) is 2.90. The second kappa shape index (κ2) is 6.64. The summed E-state index contributed by atoms with van der Waals surface area (Å²) in [5.74, 6) is -0.495. The van der Waals surface area contributed by atoms with Crippen LogP contribution in [0, 0.1) is 12.7 Å². The van der Waals surface area contributed by atoms with E-state index >= 15 is 0 Å². The molecular weight excluding hydrogens is 323 g/mol. The molecule has 0 bridgehead atoms. The highest BCUT2D eigenvalue weighted by molar-refractivity contribution is 5.89. The molecule has 1 aliphatic rings. The Morgan fingerprint density at radius 2 is 1.84 bits per heavy atom. The van der Waals surface area contributed by atoms with E-state index in [4.69, 9.17) is 4.74 Å². The van der Waals surface area contributed by atoms with Gasteiger partial charge in [-0.2, -0.15) is 10.1 Å². The second-order valence-electron chi connectivity index (χ2n) is 6.14. The summed E-state index contributed by atoms with van der Waals surface area (Å²) < 4.78 is 18.3. The van der Waals surface area contributed by atoms with Gasteiger partial charge in [0.2, 0.25) is 0 Å². The number of carbonyl (C=O) groups excluding carboxylic acids is 1. The molecule has 0 spiro atoms. The SMILES string of the molecule is CC1=NN(C(=O)COc2ccc(F)cc2)[C@@](O)(c2ccc(C)cc2)C1. The van der Waals surface area contributed by atoms with Crippen molar-refractivity contribution in [3.05, 3.63) is 65.5 Å². The van der Waals surface area contributed by atoms with E-state index in [0.717, 1.165) is 10.6 Å². The molecule has 3 rings (SSSR count). The lowest BCUT2D eigenvalue weighted by atomic mass is 9.97. The van der Waals surface area contributed by atoms with Gasteiger partial charge < -0.3 is 9.84 Å². The maximum absolute atomic E-state index is 12.9. The largest absolute Gasteiger partial charge is 0.484 e. The number of rotatable bonds is 4. The summed E-state index contributed by atoms with van der Waals surface area (Å²) in [6.45, 7) is 3.40. The lowest BCUT2D eigenvalue weighted by Gasteiger charge is -2.31. The Morgan fingerprint density at radius 3 is 2.48 bits per heavy atom. The minimum absolute atomic E-state index is 0.234. The Kier molecular flexibility index (Phi) is 4.55. The van der Waals surface area contributed by atoms with Crippen molar-refractivity contribution in [1.29, 1.82) is 0 Å². The molecule has 25 heavy (non-hydrogen) atoms. The fourth-order valence-electron chi connectivity index (χ4n) is 2.76. The van der Waals surface area contributed by atoms with Crippen LogP contribution in [0.5, 0.6) is 5.75 Å². The van der Waals surface area contributed by atoms with Gasteiger partial charge in [-0.05, 0) is 38.1 Å². The van der Waals surface area contributed by atoms with E-state index < -0.39 is 11.6 Å². The number of aliphatic hydroxyl groups is 1. The van der Waals surface area contributed by atoms with Crippen LogP contribution < -0.4 is 4.74 Å². The highest BCUT2D eigenvalue weighted by Gasteiger charge is 2.44. The van der Waals surface area contributed by atoms with Crippen LogP contribution in [0.3, 0.4) is 0 Å². The van der Waals surface area contributed by atoms with Gasteiger partial charge in [0, 0.05) is 17.7 Å². The Hall–Kier alpha value is -2.73. The van der Waals surface area contributed by atoms with Crippen LogP contribution in [0.1, 0.15) is 24.5 Å². The quantitative estimate of drug-likeness (QED) is 0.929. The Balaban J connectivity index is 1.77. The summed E-state index contributed by atoms with van der Waals surface area (Å²) in [5, 5.41) is 16.3. The number of hydrogen-bond acceptors (Lipinski definition) is 4. The number of ether oxygens (including phenoxy) is 1. The summed E-state index contributed by atoms with van der Waals surface area (Å²) >= 11 is 0. The molecule has 1 amide bonds. The van der Waals surface area contributed by atoms with Gasteiger partial charge in [-0.15, -0.1) is 0 Å². The van der Waals surface area contributed by atoms with Crippen molar-refractivity contribution in [2.75, 3.05) is 6.61 Å². The molecule has 0 saturated carbocycles. The van der Waals surface area contributed by atoms with Crippen molar-refractivity contribution in [2.45, 2.75) is 26.0 Å². The maximum Gasteiger partial charge on any atom is 0.283 e. The highest BCUT2D eigenvalue weighted by Crippen LogP contribution is 2.35. The van der Waals surface area contributed by atoms with Crippen LogP contribution >= 0.6 is 0 Å². The molecule has 0 saturated heterocycles. The molecule has 0 aromatic heterocycles. The minimum Gasteiger partial charge on any atom is -0.484 e. The topological polar surface area (TPSA) is 62.1 Å². The monoisotopic (exact) mass is 342 g/mol. The predicted molar refractivity (Wildman–Crippen MR) is 91.5 cm³/mol. The average molecular weight is 342 g/mol. The number of benzene rings is 2. The van der Waals surface area contributed by atoms with Gasteiger partial charge in [0.15, 0.2) is 12.3 Å². The first kappa shape index (κ1) is 17.1. The first-order valence-electron chi connectivity index (χ1n) is 7.93. The zero-order valence-corrected chi connectivity index (χ0v) is 14.1. The van der Waals surface area contributed by atoms with Crippen LogP contribution in [0.2, 0.25) is 0 Å². The van der Waals surface area contributed by atoms with Crippen molar-refractivity contribution < 1.29 is 19.0 Å². The second-order valence-corrected chi connectivity index (χ2v) is 6.14. The van der Waals surface area contributed by atoms with Crippen LogP contribution in [0.25, 0.3) is 0 Å². The molecule has 2 aromatic rings. The fourth-order valence-corrected chi connectivity index (χ4v) is 2.76. The molecule has 5 nitrogen and oxygen atoms in total. The molecule has 6 heteroatoms. The van der Waals surface area contributed by atoms with Crippen molar-refractivity contribution in [3.8, 4) is 5.75 Å². The van der Waals surface area contributed by atoms with E-state index in [2.05, 4.69) is 5.10 Å². The summed E-state index contributed by atoms with van der Waals surface area (Å²) in [5.41, 5.74) is 0.772. The summed E-state index contributed by atoms with van der Waals surface area (Å²) in [7, 11) is 0. The lowest BCUT2D eigenvalue weighted by Crippen LogP contribution is -2.45. The van der Waals surface area contributed by atoms with Gasteiger partial charge >= 0.3 is 0 Å². The van der Waals surface area contributed by atoms with Crippen molar-refractivity contribution in [3.63, 3.8) is 0 Å². The standard InChI is InChI=1S/C19H19FN2O3/c1-13-3-5-15(6-4-13)19(24)11-14(2)21-22(19)18(23)12-25-17-9-7-16(20)8-10-17/h3-10,24H,11-12H2,1-2H3/t19-/m0/s1. The molecule has 0 unspecified atom stereocenters.